The Morgan fingerprint density at radius 1 is 1.26 bits per heavy atom. The van der Waals surface area contributed by atoms with Crippen molar-refractivity contribution in [1.82, 2.24) is 5.32 Å². The Kier molecular flexibility index (Phi) is 5.97. The maximum atomic E-state index is 12.0. The number of hydrogen-bond acceptors (Lipinski definition) is 2. The molecule has 2 unspecified atom stereocenters. The van der Waals surface area contributed by atoms with E-state index in [1.807, 2.05) is 12.2 Å². The van der Waals surface area contributed by atoms with Gasteiger partial charge in [-0.25, -0.2) is 0 Å². The third-order valence-corrected chi connectivity index (χ3v) is 4.44. The van der Waals surface area contributed by atoms with Gasteiger partial charge >= 0.3 is 0 Å². The quantitative estimate of drug-likeness (QED) is 0.847. The summed E-state index contributed by atoms with van der Waals surface area (Å²) in [6.45, 7) is 4.33. The molecule has 1 fully saturated rings. The zero-order chi connectivity index (χ0) is 16.8. The molecule has 1 aromatic carbocycles. The topological polar surface area (TPSA) is 72.2 Å². The van der Waals surface area contributed by atoms with Crippen LogP contribution in [0.3, 0.4) is 0 Å². The Bertz CT molecular complexity index is 576. The largest absolute Gasteiger partial charge is 0.369 e. The molecule has 124 valence electrons. The van der Waals surface area contributed by atoms with Gasteiger partial charge in [0.1, 0.15) is 0 Å². The zero-order valence-electron chi connectivity index (χ0n) is 13.9. The number of nitrogens with one attached hydrogen (secondary N) is 1. The molecule has 1 aliphatic rings. The SMILES string of the molecule is CC(C)c1ccc(/C=C/CC(=O)NC2CCCC2C(N)=O)cc1. The fourth-order valence-corrected chi connectivity index (χ4v) is 3.03. The first kappa shape index (κ1) is 17.3. The smallest absolute Gasteiger partial charge is 0.224 e. The number of hydrogen-bond donors (Lipinski definition) is 2. The van der Waals surface area contributed by atoms with E-state index in [0.717, 1.165) is 24.8 Å². The van der Waals surface area contributed by atoms with Gasteiger partial charge in [0, 0.05) is 12.5 Å². The predicted octanol–water partition coefficient (Wildman–Crippen LogP) is 2.98. The van der Waals surface area contributed by atoms with Crippen LogP contribution in [-0.4, -0.2) is 17.9 Å². The minimum Gasteiger partial charge on any atom is -0.369 e. The number of carbonyl (C=O) groups is 2. The van der Waals surface area contributed by atoms with Crippen LogP contribution >= 0.6 is 0 Å². The van der Waals surface area contributed by atoms with Crippen molar-refractivity contribution in [3.05, 3.63) is 41.5 Å². The van der Waals surface area contributed by atoms with Crippen molar-refractivity contribution in [3.8, 4) is 0 Å². The summed E-state index contributed by atoms with van der Waals surface area (Å²) in [5, 5.41) is 2.93. The molecule has 2 amide bonds. The number of primary amides is 1. The van der Waals surface area contributed by atoms with Crippen LogP contribution in [0.1, 0.15) is 56.6 Å². The highest BCUT2D eigenvalue weighted by Gasteiger charge is 2.32. The number of carbonyl (C=O) groups excluding carboxylic acids is 2. The lowest BCUT2D eigenvalue weighted by atomic mass is 10.0. The van der Waals surface area contributed by atoms with E-state index < -0.39 is 0 Å². The van der Waals surface area contributed by atoms with E-state index in [4.69, 9.17) is 5.73 Å². The molecule has 0 bridgehead atoms. The Morgan fingerprint density at radius 3 is 2.57 bits per heavy atom. The Hall–Kier alpha value is -2.10. The van der Waals surface area contributed by atoms with Crippen LogP contribution in [0.25, 0.3) is 6.08 Å². The monoisotopic (exact) mass is 314 g/mol. The van der Waals surface area contributed by atoms with Crippen molar-refractivity contribution in [2.24, 2.45) is 11.7 Å². The third-order valence-electron chi connectivity index (χ3n) is 4.44. The van der Waals surface area contributed by atoms with Crippen molar-refractivity contribution in [1.29, 1.82) is 0 Å². The molecule has 23 heavy (non-hydrogen) atoms. The molecule has 1 aliphatic carbocycles. The van der Waals surface area contributed by atoms with Crippen molar-refractivity contribution >= 4 is 17.9 Å². The summed E-state index contributed by atoms with van der Waals surface area (Å²) in [7, 11) is 0. The summed E-state index contributed by atoms with van der Waals surface area (Å²) in [6, 6.07) is 8.24. The van der Waals surface area contributed by atoms with Crippen LogP contribution in [0.15, 0.2) is 30.3 Å². The molecule has 1 saturated carbocycles. The number of amides is 2. The van der Waals surface area contributed by atoms with Gasteiger partial charge in [-0.2, -0.15) is 0 Å². The summed E-state index contributed by atoms with van der Waals surface area (Å²) in [6.07, 6.45) is 6.67. The van der Waals surface area contributed by atoms with E-state index in [-0.39, 0.29) is 23.8 Å². The molecule has 0 saturated heterocycles. The molecule has 2 rings (SSSR count). The highest BCUT2D eigenvalue weighted by molar-refractivity contribution is 5.82. The fourth-order valence-electron chi connectivity index (χ4n) is 3.03. The second-order valence-electron chi connectivity index (χ2n) is 6.54. The number of benzene rings is 1. The normalized spacial score (nSPS) is 21.0. The van der Waals surface area contributed by atoms with Crippen LogP contribution in [0.4, 0.5) is 0 Å². The van der Waals surface area contributed by atoms with E-state index in [1.54, 1.807) is 0 Å². The van der Waals surface area contributed by atoms with Gasteiger partial charge in [0.15, 0.2) is 0 Å². The average molecular weight is 314 g/mol. The molecule has 1 aromatic rings. The highest BCUT2D eigenvalue weighted by Crippen LogP contribution is 2.25. The van der Waals surface area contributed by atoms with E-state index in [9.17, 15) is 9.59 Å². The van der Waals surface area contributed by atoms with Gasteiger partial charge in [0.25, 0.3) is 0 Å². The molecule has 2 atom stereocenters. The Labute approximate surface area is 138 Å². The average Bonchev–Trinajstić information content (AvgIpc) is 2.96. The first-order valence-corrected chi connectivity index (χ1v) is 8.32. The van der Waals surface area contributed by atoms with Crippen LogP contribution in [0, 0.1) is 5.92 Å². The van der Waals surface area contributed by atoms with Gasteiger partial charge in [0.2, 0.25) is 11.8 Å². The molecule has 0 radical (unpaired) electrons. The molecule has 4 heteroatoms. The van der Waals surface area contributed by atoms with Crippen LogP contribution in [0.2, 0.25) is 0 Å². The molecule has 3 N–H and O–H groups in total. The van der Waals surface area contributed by atoms with E-state index in [1.165, 1.54) is 5.56 Å². The predicted molar refractivity (Wildman–Crippen MR) is 92.6 cm³/mol. The van der Waals surface area contributed by atoms with Gasteiger partial charge in [0.05, 0.1) is 5.92 Å². The summed E-state index contributed by atoms with van der Waals surface area (Å²) in [5.74, 6) is -0.0679. The summed E-state index contributed by atoms with van der Waals surface area (Å²) < 4.78 is 0. The highest BCUT2D eigenvalue weighted by atomic mass is 16.2. The summed E-state index contributed by atoms with van der Waals surface area (Å²) >= 11 is 0. The van der Waals surface area contributed by atoms with Crippen LogP contribution < -0.4 is 11.1 Å². The van der Waals surface area contributed by atoms with Gasteiger partial charge in [-0.3, -0.25) is 9.59 Å². The second-order valence-corrected chi connectivity index (χ2v) is 6.54. The maximum Gasteiger partial charge on any atom is 0.224 e. The minimum absolute atomic E-state index is 0.0572. The molecular formula is C19H26N2O2. The third kappa shape index (κ3) is 4.95. The lowest BCUT2D eigenvalue weighted by Crippen LogP contribution is -2.42. The summed E-state index contributed by atoms with van der Waals surface area (Å²) in [4.78, 5) is 23.3. The summed E-state index contributed by atoms with van der Waals surface area (Å²) in [5.41, 5.74) is 7.75. The van der Waals surface area contributed by atoms with Crippen molar-refractivity contribution < 1.29 is 9.59 Å². The fraction of sp³-hybridized carbons (Fsp3) is 0.474. The van der Waals surface area contributed by atoms with Crippen molar-refractivity contribution in [3.63, 3.8) is 0 Å². The lowest BCUT2D eigenvalue weighted by Gasteiger charge is -2.17. The van der Waals surface area contributed by atoms with Crippen molar-refractivity contribution in [2.75, 3.05) is 0 Å². The number of nitrogens with two attached hydrogens (primary N) is 1. The van der Waals surface area contributed by atoms with Gasteiger partial charge < -0.3 is 11.1 Å². The standard InChI is InChI=1S/C19H26N2O2/c1-13(2)15-11-9-14(10-12-15)5-3-8-18(22)21-17-7-4-6-16(17)19(20)23/h3,5,9-13,16-17H,4,6-8H2,1-2H3,(H2,20,23)(H,21,22)/b5-3+. The van der Waals surface area contributed by atoms with Gasteiger partial charge in [-0.05, 0) is 29.9 Å². The zero-order valence-corrected chi connectivity index (χ0v) is 13.9. The number of rotatable bonds is 6. The first-order chi connectivity index (χ1) is 11.0. The minimum atomic E-state index is -0.311. The second kappa shape index (κ2) is 7.95. The molecule has 0 spiro atoms. The van der Waals surface area contributed by atoms with E-state index >= 15 is 0 Å². The van der Waals surface area contributed by atoms with Crippen molar-refractivity contribution in [2.45, 2.75) is 51.5 Å². The first-order valence-electron chi connectivity index (χ1n) is 8.32. The van der Waals surface area contributed by atoms with E-state index in [0.29, 0.717) is 12.3 Å². The molecule has 0 aromatic heterocycles. The van der Waals surface area contributed by atoms with Crippen LogP contribution in [0.5, 0.6) is 0 Å². The maximum absolute atomic E-state index is 12.0. The Morgan fingerprint density at radius 2 is 1.96 bits per heavy atom. The van der Waals surface area contributed by atoms with Gasteiger partial charge in [-0.1, -0.05) is 56.7 Å². The molecule has 0 aliphatic heterocycles. The lowest BCUT2D eigenvalue weighted by molar-refractivity contribution is -0.124. The van der Waals surface area contributed by atoms with Gasteiger partial charge in [-0.15, -0.1) is 0 Å². The molecular weight excluding hydrogens is 288 g/mol. The molecule has 0 heterocycles. The Balaban J connectivity index is 1.83. The van der Waals surface area contributed by atoms with Crippen LogP contribution in [-0.2, 0) is 9.59 Å². The molecule has 4 nitrogen and oxygen atoms in total. The van der Waals surface area contributed by atoms with E-state index in [2.05, 4.69) is 43.4 Å².